The summed E-state index contributed by atoms with van der Waals surface area (Å²) in [6, 6.07) is 4.50. The lowest BCUT2D eigenvalue weighted by Gasteiger charge is -2.10. The Labute approximate surface area is 114 Å². The first-order valence-corrected chi connectivity index (χ1v) is 5.89. The van der Waals surface area contributed by atoms with Gasteiger partial charge in [-0.3, -0.25) is 4.79 Å². The van der Waals surface area contributed by atoms with Crippen LogP contribution in [0.4, 0.5) is 4.39 Å². The summed E-state index contributed by atoms with van der Waals surface area (Å²) in [6.45, 7) is 3.33. The number of benzene rings is 1. The van der Waals surface area contributed by atoms with Gasteiger partial charge in [-0.05, 0) is 31.5 Å². The van der Waals surface area contributed by atoms with Crippen LogP contribution in [0.5, 0.6) is 0 Å². The molecule has 6 heteroatoms. The number of halogens is 1. The molecule has 0 aliphatic heterocycles. The molecule has 2 aromatic rings. The number of hydrogen-bond acceptors (Lipinski definition) is 4. The van der Waals surface area contributed by atoms with Gasteiger partial charge in [-0.25, -0.2) is 13.9 Å². The molecule has 0 aliphatic rings. The Kier molecular flexibility index (Phi) is 3.65. The highest BCUT2D eigenvalue weighted by atomic mass is 19.1. The summed E-state index contributed by atoms with van der Waals surface area (Å²) in [5.41, 5.74) is 0.383. The van der Waals surface area contributed by atoms with Crippen LogP contribution in [0.1, 0.15) is 21.6 Å². The van der Waals surface area contributed by atoms with Gasteiger partial charge in [-0.2, -0.15) is 5.10 Å². The van der Waals surface area contributed by atoms with Crippen LogP contribution in [0.15, 0.2) is 29.2 Å². The average molecular weight is 276 g/mol. The molecule has 0 saturated heterocycles. The fraction of sp³-hybridized carbons (Fsp3) is 0.214. The van der Waals surface area contributed by atoms with Crippen molar-refractivity contribution in [2.45, 2.75) is 13.8 Å². The number of aromatic nitrogens is 2. The maximum Gasteiger partial charge on any atom is 0.362 e. The number of ether oxygens (including phenoxy) is 1. The third kappa shape index (κ3) is 2.45. The van der Waals surface area contributed by atoms with Gasteiger partial charge >= 0.3 is 5.97 Å². The van der Waals surface area contributed by atoms with Gasteiger partial charge in [0.1, 0.15) is 11.5 Å². The van der Waals surface area contributed by atoms with Crippen molar-refractivity contribution < 1.29 is 13.9 Å². The minimum Gasteiger partial charge on any atom is -0.464 e. The molecule has 0 bridgehead atoms. The lowest BCUT2D eigenvalue weighted by atomic mass is 10.2. The van der Waals surface area contributed by atoms with Gasteiger partial charge in [0, 0.05) is 11.8 Å². The van der Waals surface area contributed by atoms with E-state index < -0.39 is 17.2 Å². The third-order valence-electron chi connectivity index (χ3n) is 2.82. The van der Waals surface area contributed by atoms with E-state index in [2.05, 4.69) is 9.84 Å². The number of hydrogen-bond donors (Lipinski definition) is 0. The zero-order chi connectivity index (χ0) is 14.9. The number of carbonyl (C=O) groups excluding carboxylic acids is 1. The second-order valence-corrected chi connectivity index (χ2v) is 4.38. The second kappa shape index (κ2) is 5.24. The molecule has 0 radical (unpaired) electrons. The fourth-order valence-corrected chi connectivity index (χ4v) is 1.76. The zero-order valence-electron chi connectivity index (χ0n) is 11.3. The number of rotatable bonds is 2. The Hall–Kier alpha value is -2.50. The van der Waals surface area contributed by atoms with Crippen molar-refractivity contribution in [3.63, 3.8) is 0 Å². The van der Waals surface area contributed by atoms with Crippen LogP contribution >= 0.6 is 0 Å². The Morgan fingerprint density at radius 2 is 2.05 bits per heavy atom. The summed E-state index contributed by atoms with van der Waals surface area (Å²) < 4.78 is 19.5. The van der Waals surface area contributed by atoms with Crippen molar-refractivity contribution in [3.05, 3.63) is 57.3 Å². The molecule has 0 atom stereocenters. The SMILES string of the molecule is COC(=O)c1nn(-c2cc(C)ccc2F)cc(C)c1=O. The van der Waals surface area contributed by atoms with Crippen LogP contribution in [0.2, 0.25) is 0 Å². The summed E-state index contributed by atoms with van der Waals surface area (Å²) in [7, 11) is 1.16. The number of methoxy groups -OCH3 is 1. The fourth-order valence-electron chi connectivity index (χ4n) is 1.76. The Morgan fingerprint density at radius 1 is 1.35 bits per heavy atom. The second-order valence-electron chi connectivity index (χ2n) is 4.38. The number of esters is 1. The van der Waals surface area contributed by atoms with Crippen molar-refractivity contribution in [1.29, 1.82) is 0 Å². The summed E-state index contributed by atoms with van der Waals surface area (Å²) in [6.07, 6.45) is 1.38. The van der Waals surface area contributed by atoms with Crippen molar-refractivity contribution in [3.8, 4) is 5.69 Å². The maximum atomic E-state index is 13.8. The highest BCUT2D eigenvalue weighted by molar-refractivity contribution is 5.87. The summed E-state index contributed by atoms with van der Waals surface area (Å²) in [5.74, 6) is -1.34. The van der Waals surface area contributed by atoms with Gasteiger partial charge in [0.15, 0.2) is 0 Å². The van der Waals surface area contributed by atoms with Crippen LogP contribution in [0.3, 0.4) is 0 Å². The number of aryl methyl sites for hydroxylation is 2. The van der Waals surface area contributed by atoms with Crippen LogP contribution in [-0.2, 0) is 4.74 Å². The molecule has 1 aromatic carbocycles. The quantitative estimate of drug-likeness (QED) is 0.784. The van der Waals surface area contributed by atoms with E-state index in [9.17, 15) is 14.0 Å². The van der Waals surface area contributed by atoms with Gasteiger partial charge in [0.2, 0.25) is 11.1 Å². The predicted octanol–water partition coefficient (Wildman–Crippen LogP) is 1.78. The molecular formula is C14H13FN2O3. The first-order chi connectivity index (χ1) is 9.43. The van der Waals surface area contributed by atoms with Gasteiger partial charge in [-0.1, -0.05) is 6.07 Å². The Morgan fingerprint density at radius 3 is 2.70 bits per heavy atom. The predicted molar refractivity (Wildman–Crippen MR) is 70.6 cm³/mol. The normalized spacial score (nSPS) is 10.4. The van der Waals surface area contributed by atoms with Gasteiger partial charge in [-0.15, -0.1) is 0 Å². The molecule has 0 amide bonds. The van der Waals surface area contributed by atoms with Crippen molar-refractivity contribution in [2.75, 3.05) is 7.11 Å². The molecule has 2 rings (SSSR count). The highest BCUT2D eigenvalue weighted by Gasteiger charge is 2.17. The number of carbonyl (C=O) groups is 1. The highest BCUT2D eigenvalue weighted by Crippen LogP contribution is 2.14. The zero-order valence-corrected chi connectivity index (χ0v) is 11.3. The van der Waals surface area contributed by atoms with E-state index in [0.29, 0.717) is 0 Å². The molecule has 0 saturated carbocycles. The van der Waals surface area contributed by atoms with Crippen LogP contribution in [-0.4, -0.2) is 22.9 Å². The van der Waals surface area contributed by atoms with Crippen molar-refractivity contribution in [1.82, 2.24) is 9.78 Å². The average Bonchev–Trinajstić information content (AvgIpc) is 2.43. The van der Waals surface area contributed by atoms with E-state index in [-0.39, 0.29) is 16.9 Å². The van der Waals surface area contributed by atoms with E-state index in [1.54, 1.807) is 19.1 Å². The van der Waals surface area contributed by atoms with E-state index in [1.165, 1.54) is 23.9 Å². The molecule has 0 spiro atoms. The van der Waals surface area contributed by atoms with Crippen molar-refractivity contribution >= 4 is 5.97 Å². The van der Waals surface area contributed by atoms with Crippen LogP contribution in [0, 0.1) is 19.7 Å². The molecule has 1 aromatic heterocycles. The summed E-state index contributed by atoms with van der Waals surface area (Å²) in [5, 5.41) is 3.87. The standard InChI is InChI=1S/C14H13FN2O3/c1-8-4-5-10(15)11(6-8)17-7-9(2)13(18)12(16-17)14(19)20-3/h4-7H,1-3H3. The number of nitrogens with zero attached hydrogens (tertiary/aromatic N) is 2. The van der Waals surface area contributed by atoms with Crippen molar-refractivity contribution in [2.24, 2.45) is 0 Å². The summed E-state index contributed by atoms with van der Waals surface area (Å²) >= 11 is 0. The molecule has 0 aliphatic carbocycles. The molecule has 0 fully saturated rings. The van der Waals surface area contributed by atoms with Gasteiger partial charge in [0.25, 0.3) is 0 Å². The first-order valence-electron chi connectivity index (χ1n) is 5.89. The monoisotopic (exact) mass is 276 g/mol. The lowest BCUT2D eigenvalue weighted by Crippen LogP contribution is -2.24. The molecule has 20 heavy (non-hydrogen) atoms. The topological polar surface area (TPSA) is 61.2 Å². The van der Waals surface area contributed by atoms with Crippen LogP contribution in [0.25, 0.3) is 5.69 Å². The van der Waals surface area contributed by atoms with Gasteiger partial charge in [0.05, 0.1) is 7.11 Å². The Bertz CT molecular complexity index is 738. The maximum absolute atomic E-state index is 13.8. The van der Waals surface area contributed by atoms with E-state index in [1.807, 2.05) is 0 Å². The molecule has 0 N–H and O–H groups in total. The van der Waals surface area contributed by atoms with Crippen LogP contribution < -0.4 is 5.43 Å². The largest absolute Gasteiger partial charge is 0.464 e. The lowest BCUT2D eigenvalue weighted by molar-refractivity contribution is 0.0590. The molecule has 104 valence electrons. The summed E-state index contributed by atoms with van der Waals surface area (Å²) in [4.78, 5) is 23.4. The minimum atomic E-state index is -0.847. The van der Waals surface area contributed by atoms with Gasteiger partial charge < -0.3 is 4.74 Å². The smallest absolute Gasteiger partial charge is 0.362 e. The minimum absolute atomic E-state index is 0.165. The van der Waals surface area contributed by atoms with E-state index in [0.717, 1.165) is 12.7 Å². The molecule has 5 nitrogen and oxygen atoms in total. The third-order valence-corrected chi connectivity index (χ3v) is 2.82. The molecule has 1 heterocycles. The first kappa shape index (κ1) is 13.9. The molecular weight excluding hydrogens is 263 g/mol. The molecule has 0 unspecified atom stereocenters. The van der Waals surface area contributed by atoms with E-state index in [4.69, 9.17) is 0 Å². The Balaban J connectivity index is 2.70. The van der Waals surface area contributed by atoms with E-state index >= 15 is 0 Å².